The van der Waals surface area contributed by atoms with E-state index in [0.29, 0.717) is 17.4 Å². The van der Waals surface area contributed by atoms with Crippen molar-refractivity contribution in [2.24, 2.45) is 5.92 Å². The Morgan fingerprint density at radius 3 is 2.67 bits per heavy atom. The van der Waals surface area contributed by atoms with Crippen molar-refractivity contribution in [1.82, 2.24) is 4.90 Å². The summed E-state index contributed by atoms with van der Waals surface area (Å²) in [5, 5.41) is 0. The summed E-state index contributed by atoms with van der Waals surface area (Å²) in [4.78, 5) is 14.3. The van der Waals surface area contributed by atoms with Gasteiger partial charge in [0.25, 0.3) is 0 Å². The lowest BCUT2D eigenvalue weighted by Gasteiger charge is -2.37. The van der Waals surface area contributed by atoms with Gasteiger partial charge in [-0.25, -0.2) is 4.79 Å². The first kappa shape index (κ1) is 16.7. The van der Waals surface area contributed by atoms with Crippen molar-refractivity contribution in [1.29, 1.82) is 0 Å². The fraction of sp³-hybridized carbons (Fsp3) is 0.381. The van der Waals surface area contributed by atoms with E-state index in [-0.39, 0.29) is 5.97 Å². The smallest absolute Gasteiger partial charge is 0.337 e. The Morgan fingerprint density at radius 1 is 1.17 bits per heavy atom. The van der Waals surface area contributed by atoms with Crippen LogP contribution in [0.25, 0.3) is 0 Å². The minimum atomic E-state index is -0.258. The van der Waals surface area contributed by atoms with Crippen LogP contribution in [-0.4, -0.2) is 31.1 Å². The molecule has 0 N–H and O–H groups in total. The highest BCUT2D eigenvalue weighted by atomic mass is 16.5. The van der Waals surface area contributed by atoms with E-state index in [1.165, 1.54) is 18.2 Å². The number of nitrogens with zero attached hydrogens (tertiary/aromatic N) is 1. The third kappa shape index (κ3) is 3.85. The number of esters is 1. The molecule has 1 aliphatic rings. The van der Waals surface area contributed by atoms with Crippen LogP contribution in [0.3, 0.4) is 0 Å². The fourth-order valence-corrected chi connectivity index (χ4v) is 3.73. The molecular formula is C21H25NO2. The molecule has 3 heteroatoms. The molecule has 0 amide bonds. The average molecular weight is 323 g/mol. The largest absolute Gasteiger partial charge is 0.465 e. The van der Waals surface area contributed by atoms with Gasteiger partial charge in [0.2, 0.25) is 0 Å². The molecule has 0 spiro atoms. The molecule has 0 aromatic heterocycles. The number of ether oxygens (including phenoxy) is 1. The summed E-state index contributed by atoms with van der Waals surface area (Å²) < 4.78 is 4.84. The molecule has 1 aliphatic heterocycles. The van der Waals surface area contributed by atoms with Gasteiger partial charge in [0.05, 0.1) is 12.7 Å². The summed E-state index contributed by atoms with van der Waals surface area (Å²) in [5.41, 5.74) is 3.27. The number of carbonyl (C=O) groups excluding carboxylic acids is 1. The normalized spacial score (nSPS) is 21.4. The quantitative estimate of drug-likeness (QED) is 0.793. The zero-order valence-corrected chi connectivity index (χ0v) is 14.4. The van der Waals surface area contributed by atoms with Crippen molar-refractivity contribution in [2.75, 3.05) is 20.2 Å². The summed E-state index contributed by atoms with van der Waals surface area (Å²) in [5.74, 6) is 0.808. The van der Waals surface area contributed by atoms with Crippen molar-refractivity contribution in [2.45, 2.75) is 25.8 Å². The van der Waals surface area contributed by atoms with Crippen LogP contribution in [0, 0.1) is 5.92 Å². The average Bonchev–Trinajstić information content (AvgIpc) is 2.62. The van der Waals surface area contributed by atoms with Crippen LogP contribution in [0.15, 0.2) is 54.6 Å². The van der Waals surface area contributed by atoms with E-state index in [1.54, 1.807) is 0 Å². The Bertz CT molecular complexity index is 683. The topological polar surface area (TPSA) is 29.5 Å². The molecule has 3 nitrogen and oxygen atoms in total. The fourth-order valence-electron chi connectivity index (χ4n) is 3.73. The van der Waals surface area contributed by atoms with E-state index in [0.717, 1.165) is 26.1 Å². The highest BCUT2D eigenvalue weighted by molar-refractivity contribution is 5.89. The molecule has 1 fully saturated rings. The highest BCUT2D eigenvalue weighted by Gasteiger charge is 2.27. The molecule has 0 bridgehead atoms. The Labute approximate surface area is 144 Å². The number of carbonyl (C=O) groups is 1. The number of likely N-dealkylation sites (tertiary alicyclic amines) is 1. The Morgan fingerprint density at radius 2 is 1.96 bits per heavy atom. The van der Waals surface area contributed by atoms with Crippen molar-refractivity contribution in [3.63, 3.8) is 0 Å². The van der Waals surface area contributed by atoms with Gasteiger partial charge in [0.15, 0.2) is 0 Å². The number of hydrogen-bond donors (Lipinski definition) is 0. The molecular weight excluding hydrogens is 298 g/mol. The Balaban J connectivity index is 1.66. The number of rotatable bonds is 4. The van der Waals surface area contributed by atoms with Gasteiger partial charge in [-0.2, -0.15) is 0 Å². The molecule has 2 aromatic carbocycles. The molecule has 126 valence electrons. The van der Waals surface area contributed by atoms with Crippen LogP contribution < -0.4 is 0 Å². The van der Waals surface area contributed by atoms with Crippen LogP contribution >= 0.6 is 0 Å². The van der Waals surface area contributed by atoms with E-state index in [4.69, 9.17) is 4.74 Å². The van der Waals surface area contributed by atoms with E-state index in [2.05, 4.69) is 48.2 Å². The molecule has 0 unspecified atom stereocenters. The summed E-state index contributed by atoms with van der Waals surface area (Å²) >= 11 is 0. The first-order valence-corrected chi connectivity index (χ1v) is 8.62. The third-order valence-corrected chi connectivity index (χ3v) is 4.97. The van der Waals surface area contributed by atoms with Crippen LogP contribution in [-0.2, 0) is 11.3 Å². The third-order valence-electron chi connectivity index (χ3n) is 4.97. The Hall–Kier alpha value is -2.13. The van der Waals surface area contributed by atoms with Crippen LogP contribution in [0.5, 0.6) is 0 Å². The van der Waals surface area contributed by atoms with E-state index in [9.17, 15) is 4.79 Å². The summed E-state index contributed by atoms with van der Waals surface area (Å²) in [6.07, 6.45) is 1.12. The minimum absolute atomic E-state index is 0.258. The van der Waals surface area contributed by atoms with E-state index < -0.39 is 0 Å². The molecule has 24 heavy (non-hydrogen) atoms. The molecule has 2 aromatic rings. The summed E-state index contributed by atoms with van der Waals surface area (Å²) in [7, 11) is 1.43. The Kier molecular flexibility index (Phi) is 5.31. The molecule has 1 saturated heterocycles. The second-order valence-corrected chi connectivity index (χ2v) is 6.71. The summed E-state index contributed by atoms with van der Waals surface area (Å²) in [6.45, 7) is 5.50. The van der Waals surface area contributed by atoms with Gasteiger partial charge in [-0.1, -0.05) is 49.4 Å². The lowest BCUT2D eigenvalue weighted by Crippen LogP contribution is -2.37. The molecule has 1 heterocycles. The van der Waals surface area contributed by atoms with Crippen LogP contribution in [0.2, 0.25) is 0 Å². The van der Waals surface area contributed by atoms with Gasteiger partial charge in [-0.3, -0.25) is 4.90 Å². The molecule has 0 saturated carbocycles. The molecule has 2 atom stereocenters. The number of benzene rings is 2. The second kappa shape index (κ2) is 7.63. The standard InChI is InChI=1S/C21H25NO2/c1-16-14-22(15-17-7-4-3-5-8-17)12-11-20(16)18-9-6-10-19(13-18)21(23)24-2/h3-10,13,16,20H,11-12,14-15H2,1-2H3/t16-,20-/m1/s1. The first-order valence-electron chi connectivity index (χ1n) is 8.62. The lowest BCUT2D eigenvalue weighted by atomic mass is 9.81. The number of hydrogen-bond acceptors (Lipinski definition) is 3. The second-order valence-electron chi connectivity index (χ2n) is 6.71. The SMILES string of the molecule is COC(=O)c1cccc([C@@H]2CCN(Cc3ccccc3)C[C@H]2C)c1. The van der Waals surface area contributed by atoms with E-state index >= 15 is 0 Å². The zero-order valence-electron chi connectivity index (χ0n) is 14.4. The molecule has 0 aliphatic carbocycles. The lowest BCUT2D eigenvalue weighted by molar-refractivity contribution is 0.0600. The molecule has 3 rings (SSSR count). The van der Waals surface area contributed by atoms with Crippen LogP contribution in [0.1, 0.15) is 40.7 Å². The van der Waals surface area contributed by atoms with Crippen molar-refractivity contribution >= 4 is 5.97 Å². The van der Waals surface area contributed by atoms with Gasteiger partial charge in [0.1, 0.15) is 0 Å². The number of methoxy groups -OCH3 is 1. The van der Waals surface area contributed by atoms with Crippen molar-refractivity contribution in [3.05, 3.63) is 71.3 Å². The molecule has 0 radical (unpaired) electrons. The van der Waals surface area contributed by atoms with Crippen LogP contribution in [0.4, 0.5) is 0 Å². The maximum Gasteiger partial charge on any atom is 0.337 e. The summed E-state index contributed by atoms with van der Waals surface area (Å²) in [6, 6.07) is 18.6. The van der Waals surface area contributed by atoms with Crippen molar-refractivity contribution < 1.29 is 9.53 Å². The maximum atomic E-state index is 11.8. The monoisotopic (exact) mass is 323 g/mol. The van der Waals surface area contributed by atoms with Crippen molar-refractivity contribution in [3.8, 4) is 0 Å². The minimum Gasteiger partial charge on any atom is -0.465 e. The predicted molar refractivity (Wildman–Crippen MR) is 96.0 cm³/mol. The predicted octanol–water partition coefficient (Wildman–Crippen LogP) is 4.10. The first-order chi connectivity index (χ1) is 11.7. The van der Waals surface area contributed by atoms with Gasteiger partial charge < -0.3 is 4.74 Å². The zero-order chi connectivity index (χ0) is 16.9. The van der Waals surface area contributed by atoms with Gasteiger partial charge in [0, 0.05) is 13.1 Å². The number of piperidine rings is 1. The maximum absolute atomic E-state index is 11.8. The highest BCUT2D eigenvalue weighted by Crippen LogP contribution is 2.33. The van der Waals surface area contributed by atoms with Gasteiger partial charge in [-0.15, -0.1) is 0 Å². The van der Waals surface area contributed by atoms with Gasteiger partial charge >= 0.3 is 5.97 Å². The van der Waals surface area contributed by atoms with E-state index in [1.807, 2.05) is 18.2 Å². The van der Waals surface area contributed by atoms with Gasteiger partial charge in [-0.05, 0) is 48.1 Å².